The van der Waals surface area contributed by atoms with Crippen molar-refractivity contribution in [3.63, 3.8) is 0 Å². The number of alkyl halides is 1. The average Bonchev–Trinajstić information content (AvgIpc) is 2.42. The molecule has 15 heavy (non-hydrogen) atoms. The molecule has 1 saturated heterocycles. The Morgan fingerprint density at radius 1 is 1.07 bits per heavy atom. The third-order valence-corrected chi connectivity index (χ3v) is 3.39. The first-order valence-electron chi connectivity index (χ1n) is 6.00. The molecule has 1 aliphatic heterocycles. The minimum Gasteiger partial charge on any atom is -0.345 e. The van der Waals surface area contributed by atoms with Crippen LogP contribution < -0.4 is 0 Å². The molecule has 0 amide bonds. The van der Waals surface area contributed by atoms with E-state index in [-0.39, 0.29) is 5.79 Å². The minimum atomic E-state index is -0.368. The third-order valence-electron chi connectivity index (χ3n) is 2.77. The Balaban J connectivity index is 2.38. The summed E-state index contributed by atoms with van der Waals surface area (Å²) in [5.41, 5.74) is 0. The van der Waals surface area contributed by atoms with E-state index < -0.39 is 0 Å². The predicted octanol–water partition coefficient (Wildman–Crippen LogP) is 3.91. The van der Waals surface area contributed by atoms with E-state index in [1.165, 1.54) is 19.3 Å². The molecule has 3 heteroatoms. The lowest BCUT2D eigenvalue weighted by atomic mass is 10.0. The first kappa shape index (κ1) is 13.7. The van der Waals surface area contributed by atoms with Crippen LogP contribution in [-0.2, 0) is 9.47 Å². The standard InChI is InChI=1S/C12H23IO2/c1-4-5-6-7-10-11(8-9-13)15-12(2,3)14-10/h10-11H,4-9H2,1-3H3/t10-,11+/m1/s1. The van der Waals surface area contributed by atoms with E-state index in [0.29, 0.717) is 12.2 Å². The van der Waals surface area contributed by atoms with Gasteiger partial charge in [-0.1, -0.05) is 48.8 Å². The topological polar surface area (TPSA) is 18.5 Å². The molecule has 0 radical (unpaired) electrons. The predicted molar refractivity (Wildman–Crippen MR) is 71.5 cm³/mol. The van der Waals surface area contributed by atoms with Gasteiger partial charge in [-0.3, -0.25) is 0 Å². The lowest BCUT2D eigenvalue weighted by Crippen LogP contribution is -2.22. The van der Waals surface area contributed by atoms with Crippen molar-refractivity contribution in [3.8, 4) is 0 Å². The molecule has 2 atom stereocenters. The van der Waals surface area contributed by atoms with E-state index >= 15 is 0 Å². The highest BCUT2D eigenvalue weighted by Crippen LogP contribution is 2.32. The van der Waals surface area contributed by atoms with Gasteiger partial charge >= 0.3 is 0 Å². The Morgan fingerprint density at radius 2 is 1.67 bits per heavy atom. The Morgan fingerprint density at radius 3 is 2.20 bits per heavy atom. The van der Waals surface area contributed by atoms with Crippen LogP contribution >= 0.6 is 22.6 Å². The van der Waals surface area contributed by atoms with Crippen LogP contribution in [0.15, 0.2) is 0 Å². The van der Waals surface area contributed by atoms with E-state index in [9.17, 15) is 0 Å². The number of hydrogen-bond acceptors (Lipinski definition) is 2. The molecule has 0 bridgehead atoms. The zero-order valence-corrected chi connectivity index (χ0v) is 12.2. The molecule has 0 N–H and O–H groups in total. The summed E-state index contributed by atoms with van der Waals surface area (Å²) in [6, 6.07) is 0. The first-order valence-corrected chi connectivity index (χ1v) is 7.53. The second-order valence-corrected chi connectivity index (χ2v) is 5.76. The van der Waals surface area contributed by atoms with Crippen LogP contribution in [0.2, 0.25) is 0 Å². The van der Waals surface area contributed by atoms with Crippen LogP contribution in [0, 0.1) is 0 Å². The number of halogens is 1. The van der Waals surface area contributed by atoms with Gasteiger partial charge in [0.05, 0.1) is 12.2 Å². The summed E-state index contributed by atoms with van der Waals surface area (Å²) < 4.78 is 13.0. The van der Waals surface area contributed by atoms with Gasteiger partial charge in [-0.05, 0) is 26.7 Å². The molecule has 0 aromatic heterocycles. The van der Waals surface area contributed by atoms with Crippen LogP contribution in [0.25, 0.3) is 0 Å². The van der Waals surface area contributed by atoms with E-state index in [1.54, 1.807) is 0 Å². The smallest absolute Gasteiger partial charge is 0.163 e. The lowest BCUT2D eigenvalue weighted by Gasteiger charge is -2.16. The van der Waals surface area contributed by atoms with Gasteiger partial charge in [0.25, 0.3) is 0 Å². The van der Waals surface area contributed by atoms with Crippen LogP contribution in [0.3, 0.4) is 0 Å². The summed E-state index contributed by atoms with van der Waals surface area (Å²) >= 11 is 2.41. The van der Waals surface area contributed by atoms with E-state index in [4.69, 9.17) is 9.47 Å². The van der Waals surface area contributed by atoms with Crippen molar-refractivity contribution in [1.29, 1.82) is 0 Å². The largest absolute Gasteiger partial charge is 0.345 e. The Kier molecular flexibility index (Phi) is 5.85. The molecule has 0 aliphatic carbocycles. The molecule has 1 aliphatic rings. The normalized spacial score (nSPS) is 29.6. The summed E-state index contributed by atoms with van der Waals surface area (Å²) in [5, 5.41) is 0. The van der Waals surface area contributed by atoms with Gasteiger partial charge in [0.15, 0.2) is 5.79 Å². The molecule has 1 fully saturated rings. The molecule has 0 aromatic rings. The van der Waals surface area contributed by atoms with Crippen molar-refractivity contribution in [2.75, 3.05) is 4.43 Å². The molecular weight excluding hydrogens is 303 g/mol. The van der Waals surface area contributed by atoms with Gasteiger partial charge in [-0.15, -0.1) is 0 Å². The van der Waals surface area contributed by atoms with Crippen LogP contribution in [0.5, 0.6) is 0 Å². The monoisotopic (exact) mass is 326 g/mol. The maximum atomic E-state index is 5.93. The highest BCUT2D eigenvalue weighted by atomic mass is 127. The first-order chi connectivity index (χ1) is 7.09. The molecule has 1 rings (SSSR count). The second kappa shape index (κ2) is 6.40. The maximum absolute atomic E-state index is 5.93. The molecule has 0 spiro atoms. The van der Waals surface area contributed by atoms with Gasteiger partial charge in [-0.2, -0.15) is 0 Å². The van der Waals surface area contributed by atoms with Gasteiger partial charge in [-0.25, -0.2) is 0 Å². The lowest BCUT2D eigenvalue weighted by molar-refractivity contribution is -0.146. The minimum absolute atomic E-state index is 0.314. The van der Waals surface area contributed by atoms with Crippen LogP contribution in [0.4, 0.5) is 0 Å². The number of hydrogen-bond donors (Lipinski definition) is 0. The zero-order chi connectivity index (χ0) is 11.3. The third kappa shape index (κ3) is 4.57. The van der Waals surface area contributed by atoms with Crippen LogP contribution in [0.1, 0.15) is 52.9 Å². The van der Waals surface area contributed by atoms with E-state index in [2.05, 4.69) is 29.5 Å². The Labute approximate surface area is 107 Å². The SMILES string of the molecule is CCCCC[C@H]1OC(C)(C)O[C@H]1CCI. The molecule has 0 saturated carbocycles. The summed E-state index contributed by atoms with van der Waals surface area (Å²) in [6.07, 6.45) is 6.73. The second-order valence-electron chi connectivity index (χ2n) is 4.69. The fourth-order valence-electron chi connectivity index (χ4n) is 2.10. The van der Waals surface area contributed by atoms with Crippen molar-refractivity contribution in [1.82, 2.24) is 0 Å². The van der Waals surface area contributed by atoms with Gasteiger partial charge < -0.3 is 9.47 Å². The van der Waals surface area contributed by atoms with Crippen molar-refractivity contribution >= 4 is 22.6 Å². The zero-order valence-electron chi connectivity index (χ0n) is 10.1. The molecule has 0 unspecified atom stereocenters. The van der Waals surface area contributed by atoms with Crippen molar-refractivity contribution < 1.29 is 9.47 Å². The van der Waals surface area contributed by atoms with Gasteiger partial charge in [0, 0.05) is 4.43 Å². The quantitative estimate of drug-likeness (QED) is 0.419. The Bertz CT molecular complexity index is 182. The number of rotatable bonds is 6. The van der Waals surface area contributed by atoms with Gasteiger partial charge in [0.1, 0.15) is 0 Å². The summed E-state index contributed by atoms with van der Waals surface area (Å²) in [7, 11) is 0. The maximum Gasteiger partial charge on any atom is 0.163 e. The molecular formula is C12H23IO2. The van der Waals surface area contributed by atoms with Crippen molar-refractivity contribution in [2.24, 2.45) is 0 Å². The number of unbranched alkanes of at least 4 members (excludes halogenated alkanes) is 2. The van der Waals surface area contributed by atoms with Crippen molar-refractivity contribution in [3.05, 3.63) is 0 Å². The van der Waals surface area contributed by atoms with E-state index in [0.717, 1.165) is 17.3 Å². The summed E-state index contributed by atoms with van der Waals surface area (Å²) in [6.45, 7) is 6.28. The average molecular weight is 326 g/mol. The summed E-state index contributed by atoms with van der Waals surface area (Å²) in [5.74, 6) is -0.368. The molecule has 2 nitrogen and oxygen atoms in total. The fourth-order valence-corrected chi connectivity index (χ4v) is 2.72. The fraction of sp³-hybridized carbons (Fsp3) is 1.00. The van der Waals surface area contributed by atoms with Crippen molar-refractivity contribution in [2.45, 2.75) is 70.9 Å². The number of ether oxygens (including phenoxy) is 2. The molecule has 0 aromatic carbocycles. The summed E-state index contributed by atoms with van der Waals surface area (Å²) in [4.78, 5) is 0. The highest BCUT2D eigenvalue weighted by Gasteiger charge is 2.39. The highest BCUT2D eigenvalue weighted by molar-refractivity contribution is 14.1. The molecule has 90 valence electrons. The van der Waals surface area contributed by atoms with Gasteiger partial charge in [0.2, 0.25) is 0 Å². The van der Waals surface area contributed by atoms with Crippen LogP contribution in [-0.4, -0.2) is 22.4 Å². The van der Waals surface area contributed by atoms with E-state index in [1.807, 2.05) is 13.8 Å². The molecule has 1 heterocycles. The Hall–Kier alpha value is 0.650.